The van der Waals surface area contributed by atoms with Crippen LogP contribution in [0.3, 0.4) is 0 Å². The first-order chi connectivity index (χ1) is 10.2. The number of fused-ring (bicyclic) bond motifs is 1. The molecule has 2 heterocycles. The van der Waals surface area contributed by atoms with Gasteiger partial charge >= 0.3 is 6.03 Å². The predicted molar refractivity (Wildman–Crippen MR) is 80.1 cm³/mol. The molecule has 3 atom stereocenters. The number of nitrogens with zero attached hydrogens (tertiary/aromatic N) is 3. The Labute approximate surface area is 124 Å². The van der Waals surface area contributed by atoms with Crippen LogP contribution in [0.5, 0.6) is 0 Å². The number of hydrogen-bond donors (Lipinski definition) is 1. The summed E-state index contributed by atoms with van der Waals surface area (Å²) < 4.78 is 1.51. The first kappa shape index (κ1) is 12.8. The molecule has 5 heteroatoms. The summed E-state index contributed by atoms with van der Waals surface area (Å²) in [6.45, 7) is 2.26. The van der Waals surface area contributed by atoms with Crippen molar-refractivity contribution in [3.63, 3.8) is 0 Å². The van der Waals surface area contributed by atoms with Crippen molar-refractivity contribution in [3.8, 4) is 0 Å². The highest BCUT2D eigenvalue weighted by Crippen LogP contribution is 2.43. The second kappa shape index (κ2) is 4.83. The lowest BCUT2D eigenvalue weighted by Crippen LogP contribution is -2.46. The highest BCUT2D eigenvalue weighted by atomic mass is 16.2. The van der Waals surface area contributed by atoms with Crippen molar-refractivity contribution in [2.75, 3.05) is 0 Å². The van der Waals surface area contributed by atoms with E-state index in [0.29, 0.717) is 11.8 Å². The van der Waals surface area contributed by atoms with Crippen molar-refractivity contribution >= 4 is 11.7 Å². The summed E-state index contributed by atoms with van der Waals surface area (Å²) >= 11 is 0. The largest absolute Gasteiger partial charge is 0.330 e. The Bertz CT molecular complexity index is 629. The lowest BCUT2D eigenvalue weighted by atomic mass is 9.86. The molecule has 1 saturated carbocycles. The van der Waals surface area contributed by atoms with Crippen LogP contribution in [0.2, 0.25) is 0 Å². The SMILES string of the molecule is CC1CCC2C1=NC1=C(CCC1)C2NC(=O)n1ccnc1. The molecule has 110 valence electrons. The lowest BCUT2D eigenvalue weighted by Gasteiger charge is -2.31. The second-order valence-corrected chi connectivity index (χ2v) is 6.34. The predicted octanol–water partition coefficient (Wildman–Crippen LogP) is 2.75. The molecule has 3 aliphatic rings. The Morgan fingerprint density at radius 3 is 3.10 bits per heavy atom. The average molecular weight is 284 g/mol. The van der Waals surface area contributed by atoms with E-state index in [4.69, 9.17) is 4.99 Å². The number of carbonyl (C=O) groups is 1. The van der Waals surface area contributed by atoms with Crippen LogP contribution in [-0.4, -0.2) is 27.3 Å². The van der Waals surface area contributed by atoms with Crippen LogP contribution in [0.4, 0.5) is 4.79 Å². The van der Waals surface area contributed by atoms with Crippen molar-refractivity contribution < 1.29 is 4.79 Å². The molecule has 0 bridgehead atoms. The van der Waals surface area contributed by atoms with Crippen molar-refractivity contribution in [2.45, 2.75) is 45.1 Å². The zero-order valence-corrected chi connectivity index (χ0v) is 12.2. The average Bonchev–Trinajstić information content (AvgIpc) is 3.19. The molecule has 1 fully saturated rings. The van der Waals surface area contributed by atoms with Gasteiger partial charge in [0, 0.05) is 29.7 Å². The minimum atomic E-state index is -0.0861. The Kier molecular flexibility index (Phi) is 2.94. The van der Waals surface area contributed by atoms with Gasteiger partial charge in [-0.25, -0.2) is 9.78 Å². The fraction of sp³-hybridized carbons (Fsp3) is 0.562. The fourth-order valence-electron chi connectivity index (χ4n) is 4.01. The zero-order valence-electron chi connectivity index (χ0n) is 12.2. The number of aromatic nitrogens is 2. The van der Waals surface area contributed by atoms with Gasteiger partial charge in [-0.05, 0) is 43.6 Å². The first-order valence-corrected chi connectivity index (χ1v) is 7.83. The van der Waals surface area contributed by atoms with Crippen LogP contribution < -0.4 is 5.32 Å². The fourth-order valence-corrected chi connectivity index (χ4v) is 4.01. The first-order valence-electron chi connectivity index (χ1n) is 7.83. The summed E-state index contributed by atoms with van der Waals surface area (Å²) in [5.74, 6) is 0.946. The third kappa shape index (κ3) is 2.03. The molecule has 4 rings (SSSR count). The molecule has 0 saturated heterocycles. The van der Waals surface area contributed by atoms with Gasteiger partial charge in [-0.15, -0.1) is 0 Å². The molecule has 1 amide bonds. The molecule has 1 aromatic heterocycles. The van der Waals surface area contributed by atoms with E-state index in [2.05, 4.69) is 17.2 Å². The lowest BCUT2D eigenvalue weighted by molar-refractivity contribution is 0.237. The second-order valence-electron chi connectivity index (χ2n) is 6.34. The van der Waals surface area contributed by atoms with Crippen LogP contribution in [0.1, 0.15) is 39.0 Å². The minimum Gasteiger partial charge on any atom is -0.330 e. The molecule has 0 aromatic carbocycles. The summed E-state index contributed by atoms with van der Waals surface area (Å²) in [5.41, 5.74) is 3.92. The van der Waals surface area contributed by atoms with Crippen molar-refractivity contribution in [3.05, 3.63) is 30.0 Å². The number of nitrogens with one attached hydrogen (secondary N) is 1. The van der Waals surface area contributed by atoms with E-state index >= 15 is 0 Å². The summed E-state index contributed by atoms with van der Waals surface area (Å²) in [5, 5.41) is 3.23. The summed E-state index contributed by atoms with van der Waals surface area (Å²) in [6.07, 6.45) is 10.5. The monoisotopic (exact) mass is 284 g/mol. The van der Waals surface area contributed by atoms with Crippen LogP contribution in [-0.2, 0) is 0 Å². The Morgan fingerprint density at radius 1 is 1.38 bits per heavy atom. The van der Waals surface area contributed by atoms with Gasteiger partial charge in [0.15, 0.2) is 0 Å². The molecule has 5 nitrogen and oxygen atoms in total. The van der Waals surface area contributed by atoms with E-state index < -0.39 is 0 Å². The molecule has 1 N–H and O–H groups in total. The number of rotatable bonds is 1. The maximum Gasteiger partial charge on any atom is 0.327 e. The number of carbonyl (C=O) groups excluding carboxylic acids is 1. The number of aliphatic imine (C=N–C) groups is 1. The van der Waals surface area contributed by atoms with Gasteiger partial charge in [-0.2, -0.15) is 0 Å². The minimum absolute atomic E-state index is 0.0861. The maximum absolute atomic E-state index is 12.4. The van der Waals surface area contributed by atoms with Gasteiger partial charge in [-0.1, -0.05) is 6.92 Å². The van der Waals surface area contributed by atoms with Gasteiger partial charge in [-0.3, -0.25) is 9.56 Å². The quantitative estimate of drug-likeness (QED) is 0.862. The molecule has 0 radical (unpaired) electrons. The third-order valence-electron chi connectivity index (χ3n) is 5.09. The van der Waals surface area contributed by atoms with Gasteiger partial charge in [0.2, 0.25) is 0 Å². The van der Waals surface area contributed by atoms with E-state index in [9.17, 15) is 4.79 Å². The van der Waals surface area contributed by atoms with Crippen molar-refractivity contribution in [2.24, 2.45) is 16.8 Å². The van der Waals surface area contributed by atoms with E-state index in [1.54, 1.807) is 18.7 Å². The van der Waals surface area contributed by atoms with Gasteiger partial charge < -0.3 is 5.32 Å². The number of hydrogen-bond acceptors (Lipinski definition) is 3. The third-order valence-corrected chi connectivity index (χ3v) is 5.09. The van der Waals surface area contributed by atoms with Crippen molar-refractivity contribution in [1.29, 1.82) is 0 Å². The molecule has 0 spiro atoms. The van der Waals surface area contributed by atoms with E-state index in [1.165, 1.54) is 34.4 Å². The molecule has 21 heavy (non-hydrogen) atoms. The molecule has 1 aliphatic heterocycles. The van der Waals surface area contributed by atoms with Gasteiger partial charge in [0.25, 0.3) is 0 Å². The summed E-state index contributed by atoms with van der Waals surface area (Å²) in [7, 11) is 0. The van der Waals surface area contributed by atoms with E-state index in [0.717, 1.165) is 19.3 Å². The number of allylic oxidation sites excluding steroid dienone is 1. The van der Waals surface area contributed by atoms with Crippen LogP contribution in [0.15, 0.2) is 35.0 Å². The molecule has 1 aromatic rings. The van der Waals surface area contributed by atoms with Crippen LogP contribution in [0, 0.1) is 11.8 Å². The van der Waals surface area contributed by atoms with Crippen LogP contribution >= 0.6 is 0 Å². The van der Waals surface area contributed by atoms with Gasteiger partial charge in [0.05, 0.1) is 6.04 Å². The number of imidazole rings is 1. The van der Waals surface area contributed by atoms with Gasteiger partial charge in [0.1, 0.15) is 6.33 Å². The summed E-state index contributed by atoms with van der Waals surface area (Å²) in [4.78, 5) is 21.3. The van der Waals surface area contributed by atoms with E-state index in [-0.39, 0.29) is 12.1 Å². The normalized spacial score (nSPS) is 30.9. The maximum atomic E-state index is 12.4. The standard InChI is InChI=1S/C16H20N4O/c1-10-5-6-12-14(10)18-13-4-2-3-11(13)15(12)19-16(21)20-8-7-17-9-20/h7-10,12,15H,2-6H2,1H3,(H,19,21). The Hall–Kier alpha value is -1.91. The molecular weight excluding hydrogens is 264 g/mol. The zero-order chi connectivity index (χ0) is 14.4. The topological polar surface area (TPSA) is 59.3 Å². The van der Waals surface area contributed by atoms with Crippen LogP contribution in [0.25, 0.3) is 0 Å². The molecule has 2 aliphatic carbocycles. The smallest absolute Gasteiger partial charge is 0.327 e. The number of amides is 1. The highest BCUT2D eigenvalue weighted by Gasteiger charge is 2.42. The Balaban J connectivity index is 1.64. The summed E-state index contributed by atoms with van der Waals surface area (Å²) in [6, 6.07) is 0.0481. The molecular formula is C16H20N4O. The molecule has 3 unspecified atom stereocenters. The highest BCUT2D eigenvalue weighted by molar-refractivity contribution is 5.94. The van der Waals surface area contributed by atoms with E-state index in [1.807, 2.05) is 0 Å². The Morgan fingerprint density at radius 2 is 2.29 bits per heavy atom. The van der Waals surface area contributed by atoms with Crippen molar-refractivity contribution in [1.82, 2.24) is 14.9 Å².